The maximum atomic E-state index is 13.2. The summed E-state index contributed by atoms with van der Waals surface area (Å²) in [5, 5.41) is 9.79. The van der Waals surface area contributed by atoms with Crippen LogP contribution >= 0.6 is 34.8 Å². The highest BCUT2D eigenvalue weighted by Crippen LogP contribution is 2.38. The Bertz CT molecular complexity index is 1010. The van der Waals surface area contributed by atoms with Crippen LogP contribution in [0.4, 0.5) is 0 Å². The Kier molecular flexibility index (Phi) is 7.77. The number of thiocarbonyl (C=S) groups is 1. The highest BCUT2D eigenvalue weighted by Gasteiger charge is 2.31. The molecular formula is C23H26IN3O3S. The summed E-state index contributed by atoms with van der Waals surface area (Å²) in [6, 6.07) is 13.3. The van der Waals surface area contributed by atoms with Crippen molar-refractivity contribution in [2.75, 3.05) is 7.11 Å². The SMILES string of the molecule is COc1cc(C2NC(=S)NC(C)=C2C(=O)NCc2ccccc2)cc(I)c1OC(C)C. The summed E-state index contributed by atoms with van der Waals surface area (Å²) >= 11 is 7.60. The Balaban J connectivity index is 1.94. The highest BCUT2D eigenvalue weighted by molar-refractivity contribution is 14.1. The van der Waals surface area contributed by atoms with Gasteiger partial charge in [0.05, 0.1) is 28.4 Å². The van der Waals surface area contributed by atoms with E-state index in [1.807, 2.05) is 63.2 Å². The molecule has 6 nitrogen and oxygen atoms in total. The number of hydrogen-bond acceptors (Lipinski definition) is 4. The number of rotatable bonds is 7. The highest BCUT2D eigenvalue weighted by atomic mass is 127. The first kappa shape index (κ1) is 23.3. The van der Waals surface area contributed by atoms with E-state index in [0.29, 0.717) is 28.7 Å². The average Bonchev–Trinajstić information content (AvgIpc) is 2.73. The van der Waals surface area contributed by atoms with Crippen molar-refractivity contribution in [1.29, 1.82) is 0 Å². The number of benzene rings is 2. The second kappa shape index (κ2) is 10.3. The first-order valence-electron chi connectivity index (χ1n) is 9.94. The Morgan fingerprint density at radius 2 is 1.97 bits per heavy atom. The molecule has 164 valence electrons. The van der Waals surface area contributed by atoms with Gasteiger partial charge >= 0.3 is 0 Å². The smallest absolute Gasteiger partial charge is 0.251 e. The molecule has 2 aromatic rings. The number of allylic oxidation sites excluding steroid dienone is 1. The molecule has 2 aromatic carbocycles. The zero-order valence-corrected chi connectivity index (χ0v) is 20.9. The van der Waals surface area contributed by atoms with Gasteiger partial charge in [-0.25, -0.2) is 0 Å². The van der Waals surface area contributed by atoms with Gasteiger partial charge in [0.1, 0.15) is 0 Å². The van der Waals surface area contributed by atoms with Crippen LogP contribution < -0.4 is 25.4 Å². The van der Waals surface area contributed by atoms with E-state index in [2.05, 4.69) is 38.5 Å². The predicted molar refractivity (Wildman–Crippen MR) is 134 cm³/mol. The van der Waals surface area contributed by atoms with E-state index in [9.17, 15) is 4.79 Å². The van der Waals surface area contributed by atoms with Crippen molar-refractivity contribution in [2.45, 2.75) is 39.5 Å². The van der Waals surface area contributed by atoms with Gasteiger partial charge in [0.15, 0.2) is 16.6 Å². The minimum Gasteiger partial charge on any atom is -0.493 e. The van der Waals surface area contributed by atoms with Crippen LogP contribution in [0, 0.1) is 3.57 Å². The fourth-order valence-electron chi connectivity index (χ4n) is 3.37. The summed E-state index contributed by atoms with van der Waals surface area (Å²) in [4.78, 5) is 13.2. The topological polar surface area (TPSA) is 71.6 Å². The van der Waals surface area contributed by atoms with Crippen molar-refractivity contribution >= 4 is 45.8 Å². The van der Waals surface area contributed by atoms with E-state index in [-0.39, 0.29) is 12.0 Å². The van der Waals surface area contributed by atoms with Gasteiger partial charge < -0.3 is 25.4 Å². The monoisotopic (exact) mass is 551 g/mol. The number of hydrogen-bond donors (Lipinski definition) is 3. The Labute approximate surface area is 201 Å². The molecular weight excluding hydrogens is 525 g/mol. The number of methoxy groups -OCH3 is 1. The molecule has 8 heteroatoms. The number of amides is 1. The summed E-state index contributed by atoms with van der Waals surface area (Å²) in [6.07, 6.45) is 0.0133. The predicted octanol–water partition coefficient (Wildman–Crippen LogP) is 4.20. The standard InChI is InChI=1S/C23H26IN3O3S/c1-13(2)30-21-17(24)10-16(11-18(21)29-4)20-19(14(3)26-23(31)27-20)22(28)25-12-15-8-6-5-7-9-15/h5-11,13,20H,12H2,1-4H3,(H,25,28)(H2,26,27,31). The molecule has 0 fully saturated rings. The van der Waals surface area contributed by atoms with Crippen LogP contribution in [0.5, 0.6) is 11.5 Å². The van der Waals surface area contributed by atoms with E-state index in [1.165, 1.54) is 0 Å². The third-order valence-electron chi connectivity index (χ3n) is 4.75. The lowest BCUT2D eigenvalue weighted by Gasteiger charge is -2.31. The molecule has 31 heavy (non-hydrogen) atoms. The molecule has 0 spiro atoms. The first-order valence-corrected chi connectivity index (χ1v) is 11.4. The van der Waals surface area contributed by atoms with Gasteiger partial charge in [-0.2, -0.15) is 0 Å². The molecule has 0 aliphatic carbocycles. The molecule has 1 aliphatic rings. The van der Waals surface area contributed by atoms with Crippen LogP contribution in [-0.2, 0) is 11.3 Å². The van der Waals surface area contributed by atoms with E-state index < -0.39 is 6.04 Å². The lowest BCUT2D eigenvalue weighted by molar-refractivity contribution is -0.118. The number of ether oxygens (including phenoxy) is 2. The first-order chi connectivity index (χ1) is 14.8. The van der Waals surface area contributed by atoms with Crippen LogP contribution in [0.1, 0.15) is 37.9 Å². The van der Waals surface area contributed by atoms with Crippen LogP contribution in [0.3, 0.4) is 0 Å². The van der Waals surface area contributed by atoms with Gasteiger partial charge in [-0.3, -0.25) is 4.79 Å². The normalized spacial score (nSPS) is 15.9. The van der Waals surface area contributed by atoms with Gasteiger partial charge in [0, 0.05) is 12.2 Å². The molecule has 1 aliphatic heterocycles. The number of carbonyl (C=O) groups is 1. The molecule has 1 heterocycles. The molecule has 3 rings (SSSR count). The quantitative estimate of drug-likeness (QED) is 0.354. The Morgan fingerprint density at radius 1 is 1.26 bits per heavy atom. The van der Waals surface area contributed by atoms with Gasteiger partial charge in [-0.05, 0) is 78.8 Å². The van der Waals surface area contributed by atoms with Crippen LogP contribution in [0.15, 0.2) is 53.7 Å². The second-order valence-corrected chi connectivity index (χ2v) is 9.01. The van der Waals surface area contributed by atoms with Crippen LogP contribution in [0.25, 0.3) is 0 Å². The van der Waals surface area contributed by atoms with Gasteiger partial charge in [-0.1, -0.05) is 30.3 Å². The Morgan fingerprint density at radius 3 is 2.61 bits per heavy atom. The lowest BCUT2D eigenvalue weighted by atomic mass is 9.94. The molecule has 0 bridgehead atoms. The number of nitrogens with one attached hydrogen (secondary N) is 3. The summed E-state index contributed by atoms with van der Waals surface area (Å²) in [7, 11) is 1.61. The summed E-state index contributed by atoms with van der Waals surface area (Å²) in [5.74, 6) is 1.14. The average molecular weight is 551 g/mol. The summed E-state index contributed by atoms with van der Waals surface area (Å²) in [5.41, 5.74) is 3.20. The van der Waals surface area contributed by atoms with E-state index in [1.54, 1.807) is 7.11 Å². The minimum absolute atomic E-state index is 0.0133. The third kappa shape index (κ3) is 5.68. The van der Waals surface area contributed by atoms with Crippen LogP contribution in [0.2, 0.25) is 0 Å². The zero-order valence-electron chi connectivity index (χ0n) is 17.9. The van der Waals surface area contributed by atoms with Crippen molar-refractivity contribution in [3.8, 4) is 11.5 Å². The molecule has 0 aromatic heterocycles. The molecule has 0 radical (unpaired) electrons. The van der Waals surface area contributed by atoms with Gasteiger partial charge in [-0.15, -0.1) is 0 Å². The molecule has 1 unspecified atom stereocenters. The summed E-state index contributed by atoms with van der Waals surface area (Å²) < 4.78 is 12.4. The zero-order chi connectivity index (χ0) is 22.5. The van der Waals surface area contributed by atoms with E-state index in [0.717, 1.165) is 20.4 Å². The van der Waals surface area contributed by atoms with E-state index in [4.69, 9.17) is 21.7 Å². The third-order valence-corrected chi connectivity index (χ3v) is 5.77. The molecule has 0 saturated heterocycles. The van der Waals surface area contributed by atoms with Crippen molar-refractivity contribution in [3.63, 3.8) is 0 Å². The summed E-state index contributed by atoms with van der Waals surface area (Å²) in [6.45, 7) is 6.24. The molecule has 3 N–H and O–H groups in total. The maximum absolute atomic E-state index is 13.2. The maximum Gasteiger partial charge on any atom is 0.251 e. The van der Waals surface area contributed by atoms with Gasteiger partial charge in [0.25, 0.3) is 5.91 Å². The van der Waals surface area contributed by atoms with Crippen molar-refractivity contribution in [2.24, 2.45) is 0 Å². The van der Waals surface area contributed by atoms with Crippen molar-refractivity contribution in [1.82, 2.24) is 16.0 Å². The van der Waals surface area contributed by atoms with Crippen molar-refractivity contribution in [3.05, 3.63) is 68.4 Å². The minimum atomic E-state index is -0.417. The molecule has 1 atom stereocenters. The fourth-order valence-corrected chi connectivity index (χ4v) is 4.40. The lowest BCUT2D eigenvalue weighted by Crippen LogP contribution is -2.46. The molecule has 0 saturated carbocycles. The van der Waals surface area contributed by atoms with E-state index >= 15 is 0 Å². The number of halogens is 1. The van der Waals surface area contributed by atoms with Crippen molar-refractivity contribution < 1.29 is 14.3 Å². The largest absolute Gasteiger partial charge is 0.493 e. The second-order valence-electron chi connectivity index (χ2n) is 7.44. The number of carbonyl (C=O) groups excluding carboxylic acids is 1. The molecule has 1 amide bonds. The van der Waals surface area contributed by atoms with Gasteiger partial charge in [0.2, 0.25) is 0 Å². The Hall–Kier alpha value is -2.33. The fraction of sp³-hybridized carbons (Fsp3) is 0.304. The van der Waals surface area contributed by atoms with Crippen LogP contribution in [-0.4, -0.2) is 24.2 Å².